The zero-order valence-corrected chi connectivity index (χ0v) is 13.0. The number of rotatable bonds is 4. The Morgan fingerprint density at radius 2 is 1.89 bits per heavy atom. The summed E-state index contributed by atoms with van der Waals surface area (Å²) in [5.74, 6) is 0.0631. The molecule has 0 radical (unpaired) electrons. The molecule has 1 amide bonds. The van der Waals surface area contributed by atoms with Gasteiger partial charge in [-0.25, -0.2) is 0 Å². The minimum absolute atomic E-state index is 0.0631. The summed E-state index contributed by atoms with van der Waals surface area (Å²) in [7, 11) is 0. The third-order valence-electron chi connectivity index (χ3n) is 2.95. The van der Waals surface area contributed by atoms with Crippen LogP contribution < -0.4 is 5.32 Å². The summed E-state index contributed by atoms with van der Waals surface area (Å²) in [6, 6.07) is 16.1. The van der Waals surface area contributed by atoms with E-state index >= 15 is 0 Å². The molecule has 0 fully saturated rings. The van der Waals surface area contributed by atoms with Gasteiger partial charge in [-0.05, 0) is 65.3 Å². The molecule has 0 heterocycles. The third-order valence-corrected chi connectivity index (χ3v) is 3.62. The predicted molar refractivity (Wildman–Crippen MR) is 87.3 cm³/mol. The van der Waals surface area contributed by atoms with Gasteiger partial charge in [-0.2, -0.15) is 0 Å². The molecule has 0 spiro atoms. The molecule has 1 N–H and O–H groups in total. The second-order valence-electron chi connectivity index (χ2n) is 4.49. The minimum atomic E-state index is 0.0631. The normalized spacial score (nSPS) is 10.2. The first-order chi connectivity index (χ1) is 9.15. The largest absolute Gasteiger partial charge is 0.326 e. The summed E-state index contributed by atoms with van der Waals surface area (Å²) in [4.78, 5) is 11.9. The van der Waals surface area contributed by atoms with Crippen LogP contribution in [0.4, 0.5) is 5.69 Å². The van der Waals surface area contributed by atoms with E-state index in [2.05, 4.69) is 34.0 Å². The average Bonchev–Trinajstić information content (AvgIpc) is 2.41. The number of carbonyl (C=O) groups excluding carboxylic acids is 1. The maximum atomic E-state index is 11.9. The maximum Gasteiger partial charge on any atom is 0.224 e. The van der Waals surface area contributed by atoms with E-state index in [4.69, 9.17) is 0 Å². The van der Waals surface area contributed by atoms with Gasteiger partial charge in [0.05, 0.1) is 0 Å². The first-order valence-corrected chi connectivity index (χ1v) is 7.33. The first-order valence-electron chi connectivity index (χ1n) is 6.25. The fraction of sp³-hybridized carbons (Fsp3) is 0.188. The highest BCUT2D eigenvalue weighted by molar-refractivity contribution is 14.1. The standard InChI is InChI=1S/C16H16INO/c1-12-11-14(17)8-9-15(12)18-16(19)10-7-13-5-3-2-4-6-13/h2-6,8-9,11H,7,10H2,1H3,(H,18,19). The molecular weight excluding hydrogens is 349 g/mol. The van der Waals surface area contributed by atoms with Crippen LogP contribution >= 0.6 is 22.6 Å². The third kappa shape index (κ3) is 4.35. The Morgan fingerprint density at radius 1 is 1.16 bits per heavy atom. The number of hydrogen-bond acceptors (Lipinski definition) is 1. The van der Waals surface area contributed by atoms with Gasteiger partial charge in [0.2, 0.25) is 5.91 Å². The molecule has 0 atom stereocenters. The van der Waals surface area contributed by atoms with Crippen molar-refractivity contribution in [3.63, 3.8) is 0 Å². The van der Waals surface area contributed by atoms with Crippen LogP contribution in [0, 0.1) is 10.5 Å². The van der Waals surface area contributed by atoms with Gasteiger partial charge >= 0.3 is 0 Å². The Hall–Kier alpha value is -1.36. The average molecular weight is 365 g/mol. The van der Waals surface area contributed by atoms with E-state index in [-0.39, 0.29) is 5.91 Å². The van der Waals surface area contributed by atoms with Crippen molar-refractivity contribution in [3.05, 3.63) is 63.2 Å². The quantitative estimate of drug-likeness (QED) is 0.810. The molecule has 2 aromatic carbocycles. The molecule has 0 saturated carbocycles. The molecule has 2 rings (SSSR count). The van der Waals surface area contributed by atoms with Crippen LogP contribution in [-0.4, -0.2) is 5.91 Å². The molecule has 2 nitrogen and oxygen atoms in total. The molecule has 19 heavy (non-hydrogen) atoms. The Bertz CT molecular complexity index is 566. The zero-order valence-electron chi connectivity index (χ0n) is 10.8. The number of anilines is 1. The Balaban J connectivity index is 1.91. The number of benzene rings is 2. The highest BCUT2D eigenvalue weighted by Crippen LogP contribution is 2.18. The summed E-state index contributed by atoms with van der Waals surface area (Å²) < 4.78 is 1.18. The van der Waals surface area contributed by atoms with Crippen LogP contribution in [0.5, 0.6) is 0 Å². The van der Waals surface area contributed by atoms with Gasteiger partial charge in [0, 0.05) is 15.7 Å². The van der Waals surface area contributed by atoms with Crippen molar-refractivity contribution in [1.82, 2.24) is 0 Å². The van der Waals surface area contributed by atoms with Gasteiger partial charge in [-0.15, -0.1) is 0 Å². The predicted octanol–water partition coefficient (Wildman–Crippen LogP) is 4.17. The van der Waals surface area contributed by atoms with Gasteiger partial charge in [-0.3, -0.25) is 4.79 Å². The molecule has 2 aromatic rings. The fourth-order valence-electron chi connectivity index (χ4n) is 1.88. The number of hydrogen-bond donors (Lipinski definition) is 1. The summed E-state index contributed by atoms with van der Waals surface area (Å²) in [6.45, 7) is 2.01. The molecule has 0 aromatic heterocycles. The van der Waals surface area contributed by atoms with Crippen LogP contribution in [0.2, 0.25) is 0 Å². The van der Waals surface area contributed by atoms with Crippen molar-refractivity contribution in [2.45, 2.75) is 19.8 Å². The number of amides is 1. The number of aryl methyl sites for hydroxylation is 2. The van der Waals surface area contributed by atoms with E-state index in [1.165, 1.54) is 9.13 Å². The van der Waals surface area contributed by atoms with Crippen molar-refractivity contribution in [2.75, 3.05) is 5.32 Å². The first kappa shape index (κ1) is 14.1. The van der Waals surface area contributed by atoms with Gasteiger partial charge in [0.25, 0.3) is 0 Å². The van der Waals surface area contributed by atoms with Gasteiger partial charge < -0.3 is 5.32 Å². The summed E-state index contributed by atoms with van der Waals surface area (Å²) in [5.41, 5.74) is 3.19. The van der Waals surface area contributed by atoms with Gasteiger partial charge in [0.1, 0.15) is 0 Å². The van der Waals surface area contributed by atoms with Crippen LogP contribution in [-0.2, 0) is 11.2 Å². The van der Waals surface area contributed by atoms with E-state index in [0.717, 1.165) is 17.7 Å². The molecule has 98 valence electrons. The van der Waals surface area contributed by atoms with E-state index in [1.807, 2.05) is 49.4 Å². The number of carbonyl (C=O) groups is 1. The Kier molecular flexibility index (Phi) is 4.96. The number of nitrogens with one attached hydrogen (secondary N) is 1. The SMILES string of the molecule is Cc1cc(I)ccc1NC(=O)CCc1ccccc1. The second-order valence-corrected chi connectivity index (χ2v) is 5.74. The van der Waals surface area contributed by atoms with Crippen LogP contribution in [0.15, 0.2) is 48.5 Å². The van der Waals surface area contributed by atoms with Crippen molar-refractivity contribution in [3.8, 4) is 0 Å². The lowest BCUT2D eigenvalue weighted by Crippen LogP contribution is -2.13. The summed E-state index contributed by atoms with van der Waals surface area (Å²) >= 11 is 2.27. The molecule has 0 aliphatic carbocycles. The van der Waals surface area contributed by atoms with Crippen molar-refractivity contribution in [1.29, 1.82) is 0 Å². The molecule has 0 bridgehead atoms. The van der Waals surface area contributed by atoms with Crippen molar-refractivity contribution >= 4 is 34.2 Å². The van der Waals surface area contributed by atoms with Gasteiger partial charge in [0.15, 0.2) is 0 Å². The van der Waals surface area contributed by atoms with Gasteiger partial charge in [-0.1, -0.05) is 30.3 Å². The van der Waals surface area contributed by atoms with E-state index in [9.17, 15) is 4.79 Å². The molecular formula is C16H16INO. The summed E-state index contributed by atoms with van der Waals surface area (Å²) in [5, 5.41) is 2.97. The van der Waals surface area contributed by atoms with E-state index < -0.39 is 0 Å². The second kappa shape index (κ2) is 6.70. The molecule has 0 unspecified atom stereocenters. The lowest BCUT2D eigenvalue weighted by atomic mass is 10.1. The molecule has 0 saturated heterocycles. The lowest BCUT2D eigenvalue weighted by molar-refractivity contribution is -0.116. The van der Waals surface area contributed by atoms with E-state index in [1.54, 1.807) is 0 Å². The summed E-state index contributed by atoms with van der Waals surface area (Å²) in [6.07, 6.45) is 1.28. The lowest BCUT2D eigenvalue weighted by Gasteiger charge is -2.08. The maximum absolute atomic E-state index is 11.9. The Labute approximate surface area is 127 Å². The highest BCUT2D eigenvalue weighted by Gasteiger charge is 2.05. The molecule has 0 aliphatic rings. The molecule has 0 aliphatic heterocycles. The highest BCUT2D eigenvalue weighted by atomic mass is 127. The minimum Gasteiger partial charge on any atom is -0.326 e. The topological polar surface area (TPSA) is 29.1 Å². The smallest absolute Gasteiger partial charge is 0.224 e. The fourth-order valence-corrected chi connectivity index (χ4v) is 2.53. The zero-order chi connectivity index (χ0) is 13.7. The Morgan fingerprint density at radius 3 is 2.58 bits per heavy atom. The van der Waals surface area contributed by atoms with E-state index in [0.29, 0.717) is 6.42 Å². The monoisotopic (exact) mass is 365 g/mol. The van der Waals surface area contributed by atoms with Crippen molar-refractivity contribution < 1.29 is 4.79 Å². The molecule has 3 heteroatoms. The van der Waals surface area contributed by atoms with Crippen LogP contribution in [0.25, 0.3) is 0 Å². The van der Waals surface area contributed by atoms with Crippen molar-refractivity contribution in [2.24, 2.45) is 0 Å². The van der Waals surface area contributed by atoms with Crippen LogP contribution in [0.3, 0.4) is 0 Å². The number of halogens is 1. The van der Waals surface area contributed by atoms with Crippen LogP contribution in [0.1, 0.15) is 17.5 Å².